The minimum absolute atomic E-state index is 1.23. The molecule has 0 radical (unpaired) electrons. The average molecular weight is 443 g/mol. The summed E-state index contributed by atoms with van der Waals surface area (Å²) >= 11 is 57.7. The Balaban J connectivity index is 3.62. The van der Waals surface area contributed by atoms with Gasteiger partial charge in [-0.2, -0.15) is 0 Å². The molecule has 1 aliphatic carbocycles. The van der Waals surface area contributed by atoms with Crippen LogP contribution in [0.4, 0.5) is 0 Å². The molecule has 17 heavy (non-hydrogen) atoms. The highest BCUT2D eigenvalue weighted by Crippen LogP contribution is 2.70. The van der Waals surface area contributed by atoms with E-state index in [2.05, 4.69) is 0 Å². The Morgan fingerprint density at radius 1 is 0.529 bits per heavy atom. The standard InChI is InChI=1S/C6Cl10O/c7-2(8)1(17)3(9,10)5(13,14)6(15,16)4(2,11)12. The minimum Gasteiger partial charge on any atom is -0.293 e. The van der Waals surface area contributed by atoms with E-state index in [1.54, 1.807) is 0 Å². The Hall–Kier alpha value is 2.57. The van der Waals surface area contributed by atoms with Crippen molar-refractivity contribution in [1.82, 2.24) is 0 Å². The molecule has 1 fully saturated rings. The number of Topliss-reactive ketones (excluding diaryl/α,β-unsaturated/α-hetero) is 1. The van der Waals surface area contributed by atoms with E-state index in [0.717, 1.165) is 0 Å². The third-order valence-electron chi connectivity index (χ3n) is 2.15. The van der Waals surface area contributed by atoms with Crippen LogP contribution in [0.1, 0.15) is 0 Å². The van der Waals surface area contributed by atoms with Crippen LogP contribution >= 0.6 is 116 Å². The van der Waals surface area contributed by atoms with E-state index >= 15 is 0 Å². The van der Waals surface area contributed by atoms with Gasteiger partial charge in [0, 0.05) is 0 Å². The fraction of sp³-hybridized carbons (Fsp3) is 0.833. The van der Waals surface area contributed by atoms with Gasteiger partial charge in [0.25, 0.3) is 0 Å². The van der Waals surface area contributed by atoms with Gasteiger partial charge in [-0.25, -0.2) is 0 Å². The lowest BCUT2D eigenvalue weighted by atomic mass is 9.93. The summed E-state index contributed by atoms with van der Waals surface area (Å²) in [5.41, 5.74) is 0. The van der Waals surface area contributed by atoms with Crippen LogP contribution in [0.5, 0.6) is 0 Å². The molecule has 0 aromatic carbocycles. The van der Waals surface area contributed by atoms with E-state index in [9.17, 15) is 4.79 Å². The SMILES string of the molecule is O=C1C(Cl)(Cl)C(Cl)(Cl)C(Cl)(Cl)C(Cl)(Cl)C1(Cl)Cl. The van der Waals surface area contributed by atoms with Gasteiger partial charge in [-0.15, -0.1) is 0 Å². The third-order valence-corrected chi connectivity index (χ3v) is 8.92. The summed E-state index contributed by atoms with van der Waals surface area (Å²) in [5, 5.41) is 0. The maximum absolute atomic E-state index is 11.9. The Morgan fingerprint density at radius 3 is 1.00 bits per heavy atom. The maximum Gasteiger partial charge on any atom is 0.214 e. The molecule has 11 heteroatoms. The Bertz CT molecular complexity index is 337. The number of hydrogen-bond donors (Lipinski definition) is 0. The fourth-order valence-corrected chi connectivity index (χ4v) is 4.46. The van der Waals surface area contributed by atoms with Crippen molar-refractivity contribution in [2.75, 3.05) is 0 Å². The quantitative estimate of drug-likeness (QED) is 0.457. The van der Waals surface area contributed by atoms with Crippen LogP contribution in [-0.4, -0.2) is 27.5 Å². The normalized spacial score (nSPS) is 32.2. The van der Waals surface area contributed by atoms with Gasteiger partial charge in [0.1, 0.15) is 0 Å². The first-order valence-corrected chi connectivity index (χ1v) is 7.37. The summed E-state index contributed by atoms with van der Waals surface area (Å²) in [6.45, 7) is 0. The molecule has 0 aliphatic heterocycles. The van der Waals surface area contributed by atoms with Gasteiger partial charge in [0.15, 0.2) is 13.0 Å². The van der Waals surface area contributed by atoms with Gasteiger partial charge >= 0.3 is 0 Å². The monoisotopic (exact) mass is 438 g/mol. The number of carbonyl (C=O) groups excluding carboxylic acids is 1. The zero-order chi connectivity index (χ0) is 14.1. The molecule has 0 N–H and O–H groups in total. The van der Waals surface area contributed by atoms with Crippen molar-refractivity contribution < 1.29 is 4.79 Å². The second kappa shape index (κ2) is 4.53. The van der Waals surface area contributed by atoms with E-state index in [1.165, 1.54) is 0 Å². The summed E-state index contributed by atoms with van der Waals surface area (Å²) in [6.07, 6.45) is 0. The van der Waals surface area contributed by atoms with Gasteiger partial charge in [0.05, 0.1) is 0 Å². The lowest BCUT2D eigenvalue weighted by Crippen LogP contribution is -2.74. The highest BCUT2D eigenvalue weighted by Gasteiger charge is 2.83. The highest BCUT2D eigenvalue weighted by atomic mass is 35.6. The zero-order valence-electron chi connectivity index (χ0n) is 7.19. The molecule has 100 valence electrons. The Labute approximate surface area is 147 Å². The predicted molar refractivity (Wildman–Crippen MR) is 77.2 cm³/mol. The number of ketones is 1. The van der Waals surface area contributed by atoms with Crippen LogP contribution in [0, 0.1) is 0 Å². The lowest BCUT2D eigenvalue weighted by molar-refractivity contribution is -0.122. The number of halogens is 10. The minimum atomic E-state index is -2.50. The molecule has 1 rings (SSSR count). The molecule has 0 spiro atoms. The van der Waals surface area contributed by atoms with Crippen molar-refractivity contribution in [2.24, 2.45) is 0 Å². The van der Waals surface area contributed by atoms with Crippen molar-refractivity contribution in [3.05, 3.63) is 0 Å². The van der Waals surface area contributed by atoms with Crippen LogP contribution < -0.4 is 0 Å². The molecule has 0 unspecified atom stereocenters. The summed E-state index contributed by atoms with van der Waals surface area (Å²) < 4.78 is -12.3. The Morgan fingerprint density at radius 2 is 0.765 bits per heavy atom. The van der Waals surface area contributed by atoms with E-state index < -0.39 is 27.5 Å². The first-order valence-electron chi connectivity index (χ1n) is 3.59. The first kappa shape index (κ1) is 17.6. The zero-order valence-corrected chi connectivity index (χ0v) is 14.7. The fourth-order valence-electron chi connectivity index (χ4n) is 1.07. The van der Waals surface area contributed by atoms with Gasteiger partial charge in [0.2, 0.25) is 14.4 Å². The van der Waals surface area contributed by atoms with E-state index in [-0.39, 0.29) is 0 Å². The number of hydrogen-bond acceptors (Lipinski definition) is 1. The second-order valence-corrected chi connectivity index (χ2v) is 9.84. The molecular weight excluding hydrogens is 443 g/mol. The largest absolute Gasteiger partial charge is 0.293 e. The van der Waals surface area contributed by atoms with Crippen LogP contribution in [0.15, 0.2) is 0 Å². The van der Waals surface area contributed by atoms with E-state index in [1.807, 2.05) is 0 Å². The van der Waals surface area contributed by atoms with Crippen LogP contribution in [-0.2, 0) is 4.79 Å². The van der Waals surface area contributed by atoms with Crippen LogP contribution in [0.2, 0.25) is 0 Å². The third kappa shape index (κ3) is 1.99. The van der Waals surface area contributed by atoms with Crippen molar-refractivity contribution in [3.63, 3.8) is 0 Å². The molecule has 0 amide bonds. The summed E-state index contributed by atoms with van der Waals surface area (Å²) in [6, 6.07) is 0. The maximum atomic E-state index is 11.9. The molecule has 1 nitrogen and oxygen atoms in total. The summed E-state index contributed by atoms with van der Waals surface area (Å²) in [7, 11) is 0. The van der Waals surface area contributed by atoms with E-state index in [0.29, 0.717) is 0 Å². The predicted octanol–water partition coefficient (Wildman–Crippen LogP) is 5.44. The molecule has 0 atom stereocenters. The van der Waals surface area contributed by atoms with Gasteiger partial charge in [-0.1, -0.05) is 116 Å². The topological polar surface area (TPSA) is 17.1 Å². The van der Waals surface area contributed by atoms with Crippen molar-refractivity contribution in [2.45, 2.75) is 21.7 Å². The number of alkyl halides is 10. The van der Waals surface area contributed by atoms with Gasteiger partial charge in [-0.3, -0.25) is 4.79 Å². The average Bonchev–Trinajstić information content (AvgIpc) is 2.13. The first-order chi connectivity index (χ1) is 7.15. The van der Waals surface area contributed by atoms with Crippen molar-refractivity contribution in [1.29, 1.82) is 0 Å². The number of carbonyl (C=O) groups is 1. The van der Waals surface area contributed by atoms with E-state index in [4.69, 9.17) is 116 Å². The Kier molecular flexibility index (Phi) is 4.70. The summed E-state index contributed by atoms with van der Waals surface area (Å²) in [4.78, 5) is 11.9. The van der Waals surface area contributed by atoms with Crippen LogP contribution in [0.25, 0.3) is 0 Å². The van der Waals surface area contributed by atoms with Crippen molar-refractivity contribution in [3.8, 4) is 0 Å². The molecule has 0 aromatic rings. The lowest BCUT2D eigenvalue weighted by Gasteiger charge is -2.54. The van der Waals surface area contributed by atoms with Gasteiger partial charge in [-0.05, 0) is 0 Å². The molecule has 0 saturated heterocycles. The molecule has 1 saturated carbocycles. The van der Waals surface area contributed by atoms with Crippen LogP contribution in [0.3, 0.4) is 0 Å². The van der Waals surface area contributed by atoms with Gasteiger partial charge < -0.3 is 0 Å². The van der Waals surface area contributed by atoms with Crippen molar-refractivity contribution >= 4 is 122 Å². The highest BCUT2D eigenvalue weighted by molar-refractivity contribution is 6.85. The smallest absolute Gasteiger partial charge is 0.214 e. The molecule has 0 aromatic heterocycles. The summed E-state index contributed by atoms with van der Waals surface area (Å²) in [5.74, 6) is -1.23. The number of rotatable bonds is 0. The molecular formula is C6Cl10O. The molecule has 1 aliphatic rings. The molecule has 0 bridgehead atoms. The second-order valence-electron chi connectivity index (χ2n) is 3.20. The molecule has 0 heterocycles.